The lowest BCUT2D eigenvalue weighted by atomic mass is 10.0. The predicted molar refractivity (Wildman–Crippen MR) is 81.2 cm³/mol. The molecular weight excluding hydrogens is 236 g/mol. The quantitative estimate of drug-likeness (QED) is 0.903. The summed E-state index contributed by atoms with van der Waals surface area (Å²) in [6.45, 7) is 8.88. The molecule has 2 rings (SSSR count). The molecule has 3 nitrogen and oxygen atoms in total. The molecule has 0 spiro atoms. The first-order valence-electron chi connectivity index (χ1n) is 7.34. The van der Waals surface area contributed by atoms with Gasteiger partial charge in [0.05, 0.1) is 7.11 Å². The molecule has 0 bridgehead atoms. The molecule has 0 radical (unpaired) electrons. The van der Waals surface area contributed by atoms with Crippen molar-refractivity contribution in [3.63, 3.8) is 0 Å². The summed E-state index contributed by atoms with van der Waals surface area (Å²) in [5.74, 6) is 0.941. The smallest absolute Gasteiger partial charge is 0.119 e. The standard InChI is InChI=1S/C16H26N2O/c1-5-13-11-18(14(6-2)10-17-13)16-8-7-15(19-4)9-12(16)3/h7-9,13-14,17H,5-6,10-11H2,1-4H3. The third-order valence-corrected chi connectivity index (χ3v) is 4.18. The summed E-state index contributed by atoms with van der Waals surface area (Å²) in [5, 5.41) is 3.65. The summed E-state index contributed by atoms with van der Waals surface area (Å²) in [6.07, 6.45) is 2.36. The molecule has 1 heterocycles. The van der Waals surface area contributed by atoms with E-state index in [1.54, 1.807) is 7.11 Å². The Bertz CT molecular complexity index is 419. The fraction of sp³-hybridized carbons (Fsp3) is 0.625. The lowest BCUT2D eigenvalue weighted by Crippen LogP contribution is -2.56. The predicted octanol–water partition coefficient (Wildman–Crippen LogP) is 2.97. The van der Waals surface area contributed by atoms with E-state index < -0.39 is 0 Å². The fourth-order valence-corrected chi connectivity index (χ4v) is 2.87. The third-order valence-electron chi connectivity index (χ3n) is 4.18. The second-order valence-electron chi connectivity index (χ2n) is 5.38. The van der Waals surface area contributed by atoms with Gasteiger partial charge in [-0.1, -0.05) is 13.8 Å². The van der Waals surface area contributed by atoms with Gasteiger partial charge in [-0.15, -0.1) is 0 Å². The fourth-order valence-electron chi connectivity index (χ4n) is 2.87. The summed E-state index contributed by atoms with van der Waals surface area (Å²) >= 11 is 0. The van der Waals surface area contributed by atoms with Crippen molar-refractivity contribution in [2.45, 2.75) is 45.7 Å². The number of anilines is 1. The molecule has 1 aliphatic heterocycles. The zero-order valence-corrected chi connectivity index (χ0v) is 12.6. The summed E-state index contributed by atoms with van der Waals surface area (Å²) in [7, 11) is 1.72. The number of ether oxygens (including phenoxy) is 1. The molecule has 2 unspecified atom stereocenters. The highest BCUT2D eigenvalue weighted by Gasteiger charge is 2.26. The van der Waals surface area contributed by atoms with Crippen molar-refractivity contribution >= 4 is 5.69 Å². The van der Waals surface area contributed by atoms with E-state index in [1.807, 2.05) is 0 Å². The maximum absolute atomic E-state index is 5.30. The van der Waals surface area contributed by atoms with Gasteiger partial charge in [-0.05, 0) is 43.5 Å². The molecule has 1 fully saturated rings. The number of hydrogen-bond donors (Lipinski definition) is 1. The number of rotatable bonds is 4. The molecular formula is C16H26N2O. The maximum Gasteiger partial charge on any atom is 0.119 e. The molecule has 106 valence electrons. The molecule has 0 amide bonds. The van der Waals surface area contributed by atoms with Crippen molar-refractivity contribution in [3.8, 4) is 5.75 Å². The molecule has 19 heavy (non-hydrogen) atoms. The van der Waals surface area contributed by atoms with Crippen LogP contribution in [0.2, 0.25) is 0 Å². The first-order chi connectivity index (χ1) is 9.19. The van der Waals surface area contributed by atoms with Gasteiger partial charge < -0.3 is 15.0 Å². The molecule has 1 aromatic rings. The van der Waals surface area contributed by atoms with Gasteiger partial charge >= 0.3 is 0 Å². The van der Waals surface area contributed by atoms with E-state index >= 15 is 0 Å². The van der Waals surface area contributed by atoms with Gasteiger partial charge in [0.25, 0.3) is 0 Å². The highest BCUT2D eigenvalue weighted by atomic mass is 16.5. The average Bonchev–Trinajstić information content (AvgIpc) is 2.46. The van der Waals surface area contributed by atoms with Crippen LogP contribution >= 0.6 is 0 Å². The minimum atomic E-state index is 0.592. The Labute approximate surface area is 116 Å². The van der Waals surface area contributed by atoms with Gasteiger partial charge in [-0.25, -0.2) is 0 Å². The van der Waals surface area contributed by atoms with Crippen LogP contribution in [0.25, 0.3) is 0 Å². The zero-order valence-electron chi connectivity index (χ0n) is 12.6. The summed E-state index contributed by atoms with van der Waals surface area (Å²) in [4.78, 5) is 2.57. The Morgan fingerprint density at radius 2 is 2.11 bits per heavy atom. The molecule has 3 heteroatoms. The highest BCUT2D eigenvalue weighted by molar-refractivity contribution is 5.57. The number of aryl methyl sites for hydroxylation is 1. The summed E-state index contributed by atoms with van der Waals surface area (Å²) in [5.41, 5.74) is 2.65. The topological polar surface area (TPSA) is 24.5 Å². The van der Waals surface area contributed by atoms with Gasteiger partial charge in [0.2, 0.25) is 0 Å². The van der Waals surface area contributed by atoms with Crippen molar-refractivity contribution in [1.29, 1.82) is 0 Å². The van der Waals surface area contributed by atoms with Crippen LogP contribution < -0.4 is 15.0 Å². The maximum atomic E-state index is 5.30. The lowest BCUT2D eigenvalue weighted by molar-refractivity contribution is 0.378. The molecule has 0 aliphatic carbocycles. The van der Waals surface area contributed by atoms with Crippen LogP contribution in [0.1, 0.15) is 32.3 Å². The Kier molecular flexibility index (Phi) is 4.70. The van der Waals surface area contributed by atoms with E-state index in [4.69, 9.17) is 4.74 Å². The van der Waals surface area contributed by atoms with E-state index in [1.165, 1.54) is 24.1 Å². The highest BCUT2D eigenvalue weighted by Crippen LogP contribution is 2.28. The van der Waals surface area contributed by atoms with Crippen LogP contribution in [0.4, 0.5) is 5.69 Å². The number of nitrogens with zero attached hydrogens (tertiary/aromatic N) is 1. The van der Waals surface area contributed by atoms with Crippen LogP contribution in [0, 0.1) is 6.92 Å². The van der Waals surface area contributed by atoms with Crippen molar-refractivity contribution in [2.75, 3.05) is 25.1 Å². The van der Waals surface area contributed by atoms with Crippen molar-refractivity contribution in [2.24, 2.45) is 0 Å². The first-order valence-corrected chi connectivity index (χ1v) is 7.34. The van der Waals surface area contributed by atoms with E-state index in [2.05, 4.69) is 49.2 Å². The van der Waals surface area contributed by atoms with Crippen molar-refractivity contribution < 1.29 is 4.74 Å². The van der Waals surface area contributed by atoms with Crippen LogP contribution in [-0.4, -0.2) is 32.3 Å². The van der Waals surface area contributed by atoms with E-state index in [0.717, 1.165) is 18.8 Å². The van der Waals surface area contributed by atoms with Gasteiger partial charge in [-0.2, -0.15) is 0 Å². The molecule has 1 aromatic carbocycles. The van der Waals surface area contributed by atoms with Gasteiger partial charge in [0.1, 0.15) is 5.75 Å². The second kappa shape index (κ2) is 6.29. The lowest BCUT2D eigenvalue weighted by Gasteiger charge is -2.42. The molecule has 1 aliphatic rings. The molecule has 0 saturated carbocycles. The molecule has 2 atom stereocenters. The minimum absolute atomic E-state index is 0.592. The monoisotopic (exact) mass is 262 g/mol. The van der Waals surface area contributed by atoms with Gasteiger partial charge in [0.15, 0.2) is 0 Å². The number of hydrogen-bond acceptors (Lipinski definition) is 3. The largest absolute Gasteiger partial charge is 0.497 e. The Morgan fingerprint density at radius 1 is 1.32 bits per heavy atom. The van der Waals surface area contributed by atoms with Crippen LogP contribution in [0.15, 0.2) is 18.2 Å². The SMILES string of the molecule is CCC1CN(c2ccc(OC)cc2C)C(CC)CN1. The van der Waals surface area contributed by atoms with Crippen molar-refractivity contribution in [1.82, 2.24) is 5.32 Å². The zero-order chi connectivity index (χ0) is 13.8. The third kappa shape index (κ3) is 3.03. The Balaban J connectivity index is 2.25. The first kappa shape index (κ1) is 14.2. The molecule has 1 saturated heterocycles. The van der Waals surface area contributed by atoms with Crippen LogP contribution in [0.5, 0.6) is 5.75 Å². The molecule has 0 aromatic heterocycles. The normalized spacial score (nSPS) is 23.5. The molecule has 1 N–H and O–H groups in total. The number of piperazine rings is 1. The van der Waals surface area contributed by atoms with Gasteiger partial charge in [0, 0.05) is 30.9 Å². The number of benzene rings is 1. The average molecular weight is 262 g/mol. The number of nitrogens with one attached hydrogen (secondary N) is 1. The Morgan fingerprint density at radius 3 is 2.68 bits per heavy atom. The number of methoxy groups -OCH3 is 1. The van der Waals surface area contributed by atoms with E-state index in [9.17, 15) is 0 Å². The van der Waals surface area contributed by atoms with E-state index in [0.29, 0.717) is 12.1 Å². The van der Waals surface area contributed by atoms with Crippen LogP contribution in [0.3, 0.4) is 0 Å². The van der Waals surface area contributed by atoms with Crippen molar-refractivity contribution in [3.05, 3.63) is 23.8 Å². The van der Waals surface area contributed by atoms with E-state index in [-0.39, 0.29) is 0 Å². The minimum Gasteiger partial charge on any atom is -0.497 e. The van der Waals surface area contributed by atoms with Gasteiger partial charge in [-0.3, -0.25) is 0 Å². The Hall–Kier alpha value is -1.22. The van der Waals surface area contributed by atoms with Crippen LogP contribution in [-0.2, 0) is 0 Å². The summed E-state index contributed by atoms with van der Waals surface area (Å²) < 4.78 is 5.30. The second-order valence-corrected chi connectivity index (χ2v) is 5.38. The summed E-state index contributed by atoms with van der Waals surface area (Å²) in [6, 6.07) is 7.59.